The number of hydrogen-bond donors (Lipinski definition) is 2. The van der Waals surface area contributed by atoms with Crippen molar-refractivity contribution in [3.8, 4) is 0 Å². The van der Waals surface area contributed by atoms with Crippen molar-refractivity contribution in [2.24, 2.45) is 0 Å². The van der Waals surface area contributed by atoms with Crippen LogP contribution >= 0.6 is 15.9 Å². The van der Waals surface area contributed by atoms with Gasteiger partial charge >= 0.3 is 0 Å². The molecule has 106 valence electrons. The van der Waals surface area contributed by atoms with E-state index in [2.05, 4.69) is 36.5 Å². The zero-order chi connectivity index (χ0) is 14.5. The first-order chi connectivity index (χ1) is 9.60. The molecule has 0 saturated heterocycles. The summed E-state index contributed by atoms with van der Waals surface area (Å²) in [7, 11) is 0. The highest BCUT2D eigenvalue weighted by Crippen LogP contribution is 2.26. The van der Waals surface area contributed by atoms with Gasteiger partial charge in [-0.15, -0.1) is 0 Å². The molecule has 1 heterocycles. The molecule has 0 aliphatic carbocycles. The Morgan fingerprint density at radius 1 is 1.30 bits per heavy atom. The van der Waals surface area contributed by atoms with E-state index in [1.807, 2.05) is 6.92 Å². The van der Waals surface area contributed by atoms with Crippen molar-refractivity contribution in [3.05, 3.63) is 40.5 Å². The quantitative estimate of drug-likeness (QED) is 0.859. The largest absolute Gasteiger partial charge is 0.354 e. The van der Waals surface area contributed by atoms with Crippen LogP contribution in [0.5, 0.6) is 0 Å². The lowest BCUT2D eigenvalue weighted by atomic mass is 10.3. The summed E-state index contributed by atoms with van der Waals surface area (Å²) in [4.78, 5) is 8.29. The number of rotatable bonds is 5. The second kappa shape index (κ2) is 6.60. The molecule has 1 aromatic heterocycles. The number of aromatic nitrogens is 2. The predicted molar refractivity (Wildman–Crippen MR) is 78.2 cm³/mol. The maximum atomic E-state index is 13.6. The zero-order valence-corrected chi connectivity index (χ0v) is 12.3. The molecule has 0 unspecified atom stereocenters. The molecule has 2 aromatic rings. The molecular weight excluding hydrogens is 330 g/mol. The maximum Gasteiger partial charge on any atom is 0.224 e. The molecule has 0 saturated carbocycles. The van der Waals surface area contributed by atoms with E-state index >= 15 is 0 Å². The molecule has 7 heteroatoms. The number of anilines is 3. The highest BCUT2D eigenvalue weighted by atomic mass is 79.9. The van der Waals surface area contributed by atoms with Crippen LogP contribution < -0.4 is 10.6 Å². The molecule has 4 nitrogen and oxygen atoms in total. The summed E-state index contributed by atoms with van der Waals surface area (Å²) in [5.74, 6) is -0.291. The molecule has 0 radical (unpaired) electrons. The molecule has 0 bridgehead atoms. The minimum atomic E-state index is -0.556. The first-order valence-corrected chi connectivity index (χ1v) is 6.88. The molecule has 1 aromatic carbocycles. The van der Waals surface area contributed by atoms with E-state index in [0.29, 0.717) is 16.2 Å². The molecule has 0 fully saturated rings. The lowest BCUT2D eigenvalue weighted by molar-refractivity contribution is 0.603. The van der Waals surface area contributed by atoms with Crippen LogP contribution in [-0.4, -0.2) is 16.5 Å². The molecule has 0 aliphatic rings. The third-order valence-electron chi connectivity index (χ3n) is 2.46. The second-order valence-electron chi connectivity index (χ2n) is 4.07. The average molecular weight is 343 g/mol. The molecule has 0 spiro atoms. The maximum absolute atomic E-state index is 13.6. The van der Waals surface area contributed by atoms with Gasteiger partial charge in [0.2, 0.25) is 5.95 Å². The summed E-state index contributed by atoms with van der Waals surface area (Å²) in [6.07, 6.45) is 2.48. The normalized spacial score (nSPS) is 10.4. The Hall–Kier alpha value is -1.76. The second-order valence-corrected chi connectivity index (χ2v) is 4.92. The van der Waals surface area contributed by atoms with Crippen LogP contribution in [0.15, 0.2) is 28.9 Å². The first-order valence-electron chi connectivity index (χ1n) is 6.08. The van der Waals surface area contributed by atoms with Gasteiger partial charge < -0.3 is 10.6 Å². The van der Waals surface area contributed by atoms with E-state index in [0.717, 1.165) is 31.2 Å². The van der Waals surface area contributed by atoms with Crippen LogP contribution in [-0.2, 0) is 0 Å². The smallest absolute Gasteiger partial charge is 0.224 e. The van der Waals surface area contributed by atoms with E-state index < -0.39 is 11.6 Å². The van der Waals surface area contributed by atoms with Gasteiger partial charge in [0, 0.05) is 18.8 Å². The van der Waals surface area contributed by atoms with Crippen LogP contribution in [0.4, 0.5) is 26.2 Å². The van der Waals surface area contributed by atoms with E-state index in [4.69, 9.17) is 0 Å². The van der Waals surface area contributed by atoms with Crippen LogP contribution in [0.3, 0.4) is 0 Å². The molecular formula is C13H13BrF2N4. The van der Waals surface area contributed by atoms with Crippen molar-refractivity contribution < 1.29 is 8.78 Å². The fourth-order valence-corrected chi connectivity index (χ4v) is 1.79. The Kier molecular flexibility index (Phi) is 4.84. The van der Waals surface area contributed by atoms with Crippen molar-refractivity contribution >= 4 is 33.4 Å². The Labute approximate surface area is 123 Å². The van der Waals surface area contributed by atoms with Crippen molar-refractivity contribution in [3.63, 3.8) is 0 Å². The summed E-state index contributed by atoms with van der Waals surface area (Å²) < 4.78 is 27.3. The lowest BCUT2D eigenvalue weighted by Gasteiger charge is -2.10. The monoisotopic (exact) mass is 342 g/mol. The third-order valence-corrected chi connectivity index (χ3v) is 3.04. The van der Waals surface area contributed by atoms with Crippen molar-refractivity contribution in [2.45, 2.75) is 13.3 Å². The summed E-state index contributed by atoms with van der Waals surface area (Å²) in [5, 5.41) is 5.77. The van der Waals surface area contributed by atoms with Gasteiger partial charge in [0.1, 0.15) is 17.5 Å². The Bertz CT molecular complexity index is 607. The molecule has 0 aliphatic heterocycles. The summed E-state index contributed by atoms with van der Waals surface area (Å²) in [6, 6.07) is 3.19. The summed E-state index contributed by atoms with van der Waals surface area (Å²) in [5.41, 5.74) is 0.0193. The number of nitrogens with zero attached hydrogens (tertiary/aromatic N) is 2. The van der Waals surface area contributed by atoms with E-state index in [-0.39, 0.29) is 5.69 Å². The minimum Gasteiger partial charge on any atom is -0.354 e. The number of nitrogens with one attached hydrogen (secondary N) is 2. The molecule has 0 amide bonds. The standard InChI is InChI=1S/C13H13BrF2N4/c1-2-5-17-13-18-7-9(14)12(20-13)19-11-6-8(15)3-4-10(11)16/h3-4,6-7H,2,5H2,1H3,(H2,17,18,19,20). The van der Waals surface area contributed by atoms with Crippen LogP contribution in [0, 0.1) is 11.6 Å². The van der Waals surface area contributed by atoms with Crippen LogP contribution in [0.1, 0.15) is 13.3 Å². The summed E-state index contributed by atoms with van der Waals surface area (Å²) in [6.45, 7) is 2.75. The fourth-order valence-electron chi connectivity index (χ4n) is 1.50. The summed E-state index contributed by atoms with van der Waals surface area (Å²) >= 11 is 3.27. The predicted octanol–water partition coefficient (Wildman–Crippen LogP) is 4.08. The number of halogens is 3. The fraction of sp³-hybridized carbons (Fsp3) is 0.231. The SMILES string of the molecule is CCCNc1ncc(Br)c(Nc2cc(F)ccc2F)n1. The molecule has 0 atom stereocenters. The van der Waals surface area contributed by atoms with Gasteiger partial charge in [-0.2, -0.15) is 4.98 Å². The molecule has 20 heavy (non-hydrogen) atoms. The Morgan fingerprint density at radius 2 is 2.10 bits per heavy atom. The third kappa shape index (κ3) is 3.63. The van der Waals surface area contributed by atoms with Crippen LogP contribution in [0.2, 0.25) is 0 Å². The van der Waals surface area contributed by atoms with Gasteiger partial charge in [-0.3, -0.25) is 0 Å². The number of benzene rings is 1. The first kappa shape index (κ1) is 14.6. The zero-order valence-electron chi connectivity index (χ0n) is 10.8. The van der Waals surface area contributed by atoms with E-state index in [1.165, 1.54) is 0 Å². The average Bonchev–Trinajstić information content (AvgIpc) is 2.43. The van der Waals surface area contributed by atoms with Crippen molar-refractivity contribution in [1.82, 2.24) is 9.97 Å². The Morgan fingerprint density at radius 3 is 2.85 bits per heavy atom. The lowest BCUT2D eigenvalue weighted by Crippen LogP contribution is -2.06. The molecule has 2 rings (SSSR count). The van der Waals surface area contributed by atoms with E-state index in [1.54, 1.807) is 6.20 Å². The highest BCUT2D eigenvalue weighted by molar-refractivity contribution is 9.10. The molecule has 2 N–H and O–H groups in total. The van der Waals surface area contributed by atoms with Gasteiger partial charge in [0.15, 0.2) is 0 Å². The van der Waals surface area contributed by atoms with Gasteiger partial charge in [-0.1, -0.05) is 6.92 Å². The van der Waals surface area contributed by atoms with Gasteiger partial charge in [0.05, 0.1) is 10.2 Å². The topological polar surface area (TPSA) is 49.8 Å². The van der Waals surface area contributed by atoms with Gasteiger partial charge in [-0.25, -0.2) is 13.8 Å². The van der Waals surface area contributed by atoms with Gasteiger partial charge in [-0.05, 0) is 34.5 Å². The van der Waals surface area contributed by atoms with Crippen molar-refractivity contribution in [2.75, 3.05) is 17.2 Å². The van der Waals surface area contributed by atoms with Crippen LogP contribution in [0.25, 0.3) is 0 Å². The Balaban J connectivity index is 2.25. The van der Waals surface area contributed by atoms with Gasteiger partial charge in [0.25, 0.3) is 0 Å². The minimum absolute atomic E-state index is 0.0193. The number of hydrogen-bond acceptors (Lipinski definition) is 4. The van der Waals surface area contributed by atoms with E-state index in [9.17, 15) is 8.78 Å². The highest BCUT2D eigenvalue weighted by Gasteiger charge is 2.09. The van der Waals surface area contributed by atoms with Crippen molar-refractivity contribution in [1.29, 1.82) is 0 Å².